The summed E-state index contributed by atoms with van der Waals surface area (Å²) in [5.74, 6) is 0.590. The number of amidine groups is 1. The van der Waals surface area contributed by atoms with E-state index in [-0.39, 0.29) is 11.7 Å². The molecule has 144 valence electrons. The molecule has 4 N–H and O–H groups in total. The molecule has 1 amide bonds. The molecule has 0 aliphatic heterocycles. The third-order valence-corrected chi connectivity index (χ3v) is 4.58. The van der Waals surface area contributed by atoms with E-state index >= 15 is 0 Å². The molecule has 3 aromatic rings. The number of nitrogens with one attached hydrogen (secondary N) is 2. The van der Waals surface area contributed by atoms with Crippen LogP contribution in [-0.2, 0) is 16.1 Å². The average Bonchev–Trinajstić information content (AvgIpc) is 2.72. The van der Waals surface area contributed by atoms with Gasteiger partial charge in [0, 0.05) is 19.2 Å². The zero-order valence-electron chi connectivity index (χ0n) is 15.9. The van der Waals surface area contributed by atoms with Crippen molar-refractivity contribution in [1.82, 2.24) is 5.32 Å². The van der Waals surface area contributed by atoms with Crippen LogP contribution in [0.5, 0.6) is 5.75 Å². The van der Waals surface area contributed by atoms with Gasteiger partial charge in [0.25, 0.3) is 5.91 Å². The summed E-state index contributed by atoms with van der Waals surface area (Å²) in [5.41, 5.74) is 7.80. The Morgan fingerprint density at radius 1 is 1.04 bits per heavy atom. The van der Waals surface area contributed by atoms with Crippen LogP contribution in [0.1, 0.15) is 22.8 Å². The van der Waals surface area contributed by atoms with Crippen LogP contribution < -0.4 is 15.8 Å². The van der Waals surface area contributed by atoms with Gasteiger partial charge in [-0.15, -0.1) is 0 Å². The van der Waals surface area contributed by atoms with Gasteiger partial charge < -0.3 is 20.5 Å². The van der Waals surface area contributed by atoms with Gasteiger partial charge in [0.1, 0.15) is 11.6 Å². The summed E-state index contributed by atoms with van der Waals surface area (Å²) in [5, 5.41) is 12.4. The number of amides is 1. The molecule has 0 aliphatic rings. The number of hydrogen-bond acceptors (Lipinski definition) is 4. The minimum atomic E-state index is -0.706. The number of methoxy groups -OCH3 is 2. The number of benzene rings is 3. The molecule has 0 heterocycles. The second kappa shape index (κ2) is 8.54. The standard InChI is InChI=1S/C22H23N3O3/c1-27-19-10-9-16-11-18(8-7-17(16)12-19)20(28-2)22(26)25-13-14-3-5-15(6-4-14)21(23)24/h3-12,20H,13H2,1-2H3,(H3,23,24)(H,25,26)/t20-/m0/s1. The molecule has 0 radical (unpaired) electrons. The Balaban J connectivity index is 1.72. The number of carbonyl (C=O) groups is 1. The molecule has 0 unspecified atom stereocenters. The van der Waals surface area contributed by atoms with E-state index in [9.17, 15) is 4.79 Å². The summed E-state index contributed by atoms with van der Waals surface area (Å²) in [4.78, 5) is 12.6. The van der Waals surface area contributed by atoms with Crippen molar-refractivity contribution in [1.29, 1.82) is 5.41 Å². The highest BCUT2D eigenvalue weighted by Crippen LogP contribution is 2.26. The smallest absolute Gasteiger partial charge is 0.254 e. The van der Waals surface area contributed by atoms with Crippen LogP contribution in [-0.4, -0.2) is 26.0 Å². The number of ether oxygens (including phenoxy) is 2. The van der Waals surface area contributed by atoms with Gasteiger partial charge in [0.2, 0.25) is 0 Å². The monoisotopic (exact) mass is 377 g/mol. The van der Waals surface area contributed by atoms with Gasteiger partial charge in [-0.25, -0.2) is 0 Å². The van der Waals surface area contributed by atoms with Crippen molar-refractivity contribution >= 4 is 22.5 Å². The molecule has 6 heteroatoms. The first-order valence-electron chi connectivity index (χ1n) is 8.83. The lowest BCUT2D eigenvalue weighted by molar-refractivity contribution is -0.131. The zero-order chi connectivity index (χ0) is 20.1. The SMILES string of the molecule is COc1ccc2cc([C@H](OC)C(=O)NCc3ccc(C(=N)N)cc3)ccc2c1. The maximum Gasteiger partial charge on any atom is 0.254 e. The zero-order valence-corrected chi connectivity index (χ0v) is 15.9. The van der Waals surface area contributed by atoms with Crippen molar-refractivity contribution in [3.63, 3.8) is 0 Å². The van der Waals surface area contributed by atoms with Crippen molar-refractivity contribution in [3.8, 4) is 5.75 Å². The first-order chi connectivity index (χ1) is 13.5. The quantitative estimate of drug-likeness (QED) is 0.435. The number of nitrogens with two attached hydrogens (primary N) is 1. The lowest BCUT2D eigenvalue weighted by atomic mass is 10.0. The van der Waals surface area contributed by atoms with Crippen molar-refractivity contribution in [2.24, 2.45) is 5.73 Å². The van der Waals surface area contributed by atoms with Crippen LogP contribution in [0.4, 0.5) is 0 Å². The van der Waals surface area contributed by atoms with Gasteiger partial charge in [-0.05, 0) is 40.1 Å². The molecule has 0 aliphatic carbocycles. The second-order valence-electron chi connectivity index (χ2n) is 6.42. The van der Waals surface area contributed by atoms with E-state index in [4.69, 9.17) is 20.6 Å². The minimum Gasteiger partial charge on any atom is -0.497 e. The molecule has 0 saturated heterocycles. The van der Waals surface area contributed by atoms with Crippen LogP contribution in [0, 0.1) is 5.41 Å². The Morgan fingerprint density at radius 2 is 1.71 bits per heavy atom. The Labute approximate surface area is 163 Å². The Hall–Kier alpha value is -3.38. The molecule has 0 bridgehead atoms. The Bertz CT molecular complexity index is 1000. The Morgan fingerprint density at radius 3 is 2.36 bits per heavy atom. The summed E-state index contributed by atoms with van der Waals surface area (Å²) < 4.78 is 10.7. The lowest BCUT2D eigenvalue weighted by Gasteiger charge is -2.16. The molecule has 0 fully saturated rings. The topological polar surface area (TPSA) is 97.4 Å². The number of fused-ring (bicyclic) bond motifs is 1. The summed E-state index contributed by atoms with van der Waals surface area (Å²) in [6.45, 7) is 0.363. The molecule has 3 rings (SSSR count). The third kappa shape index (κ3) is 4.29. The van der Waals surface area contributed by atoms with E-state index in [2.05, 4.69) is 5.32 Å². The minimum absolute atomic E-state index is 0.0176. The van der Waals surface area contributed by atoms with Gasteiger partial charge in [-0.1, -0.05) is 42.5 Å². The molecule has 1 atom stereocenters. The lowest BCUT2D eigenvalue weighted by Crippen LogP contribution is -2.30. The molecule has 0 spiro atoms. The predicted molar refractivity (Wildman–Crippen MR) is 110 cm³/mol. The molecule has 0 saturated carbocycles. The van der Waals surface area contributed by atoms with E-state index < -0.39 is 6.10 Å². The molecular weight excluding hydrogens is 354 g/mol. The highest BCUT2D eigenvalue weighted by Gasteiger charge is 2.20. The normalized spacial score (nSPS) is 11.8. The predicted octanol–water partition coefficient (Wildman–Crippen LogP) is 3.14. The Kier molecular flexibility index (Phi) is 5.91. The number of nitrogen functional groups attached to an aromatic ring is 1. The fourth-order valence-electron chi connectivity index (χ4n) is 3.01. The molecular formula is C22H23N3O3. The highest BCUT2D eigenvalue weighted by atomic mass is 16.5. The molecule has 3 aromatic carbocycles. The van der Waals surface area contributed by atoms with Crippen molar-refractivity contribution < 1.29 is 14.3 Å². The van der Waals surface area contributed by atoms with Gasteiger partial charge in [0.05, 0.1) is 7.11 Å². The van der Waals surface area contributed by atoms with E-state index in [1.165, 1.54) is 7.11 Å². The fourth-order valence-corrected chi connectivity index (χ4v) is 3.01. The van der Waals surface area contributed by atoms with Crippen molar-refractivity contribution in [2.75, 3.05) is 14.2 Å². The van der Waals surface area contributed by atoms with Crippen molar-refractivity contribution in [3.05, 3.63) is 77.4 Å². The first kappa shape index (κ1) is 19.4. The van der Waals surface area contributed by atoms with Crippen LogP contribution in [0.3, 0.4) is 0 Å². The van der Waals surface area contributed by atoms with Gasteiger partial charge in [-0.3, -0.25) is 10.2 Å². The first-order valence-corrected chi connectivity index (χ1v) is 8.83. The molecule has 0 aromatic heterocycles. The summed E-state index contributed by atoms with van der Waals surface area (Å²) in [7, 11) is 3.15. The largest absolute Gasteiger partial charge is 0.497 e. The van der Waals surface area contributed by atoms with Gasteiger partial charge in [0.15, 0.2) is 6.10 Å². The highest BCUT2D eigenvalue weighted by molar-refractivity contribution is 5.94. The molecule has 6 nitrogen and oxygen atoms in total. The number of carbonyl (C=O) groups excluding carboxylic acids is 1. The van der Waals surface area contributed by atoms with Crippen molar-refractivity contribution in [2.45, 2.75) is 12.6 Å². The number of hydrogen-bond donors (Lipinski definition) is 3. The van der Waals surface area contributed by atoms with E-state index in [0.717, 1.165) is 27.6 Å². The number of rotatable bonds is 7. The van der Waals surface area contributed by atoms with E-state index in [1.54, 1.807) is 19.2 Å². The third-order valence-electron chi connectivity index (χ3n) is 4.58. The van der Waals surface area contributed by atoms with Crippen LogP contribution in [0.2, 0.25) is 0 Å². The summed E-state index contributed by atoms with van der Waals surface area (Å²) in [6, 6.07) is 18.8. The van der Waals surface area contributed by atoms with Crippen LogP contribution in [0.15, 0.2) is 60.7 Å². The summed E-state index contributed by atoms with van der Waals surface area (Å²) in [6.07, 6.45) is -0.706. The van der Waals surface area contributed by atoms with Gasteiger partial charge in [-0.2, -0.15) is 0 Å². The maximum atomic E-state index is 12.6. The van der Waals surface area contributed by atoms with E-state index in [0.29, 0.717) is 12.1 Å². The average molecular weight is 377 g/mol. The van der Waals surface area contributed by atoms with Crippen LogP contribution in [0.25, 0.3) is 10.8 Å². The summed E-state index contributed by atoms with van der Waals surface area (Å²) >= 11 is 0. The fraction of sp³-hybridized carbons (Fsp3) is 0.182. The van der Waals surface area contributed by atoms with Crippen LogP contribution >= 0.6 is 0 Å². The molecule has 28 heavy (non-hydrogen) atoms. The second-order valence-corrected chi connectivity index (χ2v) is 6.42. The van der Waals surface area contributed by atoms with Gasteiger partial charge >= 0.3 is 0 Å². The maximum absolute atomic E-state index is 12.6. The van der Waals surface area contributed by atoms with E-state index in [1.807, 2.05) is 48.5 Å².